The molecule has 3 heterocycles. The molecule has 2 atom stereocenters. The van der Waals surface area contributed by atoms with Crippen molar-refractivity contribution >= 4 is 5.91 Å². The van der Waals surface area contributed by atoms with Gasteiger partial charge in [-0.3, -0.25) is 14.4 Å². The molecular formula is C16H26N4O2. The number of ether oxygens (including phenoxy) is 1. The highest BCUT2D eigenvalue weighted by molar-refractivity contribution is 5.76. The van der Waals surface area contributed by atoms with Crippen molar-refractivity contribution in [2.75, 3.05) is 39.4 Å². The van der Waals surface area contributed by atoms with Crippen molar-refractivity contribution in [3.63, 3.8) is 0 Å². The Bertz CT molecular complexity index is 510. The molecule has 2 saturated heterocycles. The minimum atomic E-state index is 0.270. The molecule has 6 nitrogen and oxygen atoms in total. The normalized spacial score (nSPS) is 26.5. The molecular weight excluding hydrogens is 280 g/mol. The summed E-state index contributed by atoms with van der Waals surface area (Å²) in [6, 6.07) is 0.492. The van der Waals surface area contributed by atoms with Gasteiger partial charge in [0, 0.05) is 51.9 Å². The fraction of sp³-hybridized carbons (Fsp3) is 0.750. The molecule has 3 rings (SSSR count). The van der Waals surface area contributed by atoms with Gasteiger partial charge in [0.25, 0.3) is 0 Å². The molecule has 2 aliphatic heterocycles. The molecule has 0 unspecified atom stereocenters. The molecule has 1 aromatic heterocycles. The van der Waals surface area contributed by atoms with E-state index in [1.54, 1.807) is 4.68 Å². The number of hydrogen-bond acceptors (Lipinski definition) is 4. The summed E-state index contributed by atoms with van der Waals surface area (Å²) >= 11 is 0. The van der Waals surface area contributed by atoms with E-state index < -0.39 is 0 Å². The van der Waals surface area contributed by atoms with Gasteiger partial charge in [-0.15, -0.1) is 0 Å². The summed E-state index contributed by atoms with van der Waals surface area (Å²) in [6.07, 6.45) is 5.18. The van der Waals surface area contributed by atoms with E-state index >= 15 is 0 Å². The van der Waals surface area contributed by atoms with Crippen LogP contribution in [0.1, 0.15) is 18.9 Å². The van der Waals surface area contributed by atoms with Gasteiger partial charge in [-0.05, 0) is 17.9 Å². The van der Waals surface area contributed by atoms with Crippen molar-refractivity contribution < 1.29 is 9.53 Å². The summed E-state index contributed by atoms with van der Waals surface area (Å²) in [5, 5.41) is 4.15. The molecule has 0 aromatic carbocycles. The van der Waals surface area contributed by atoms with Crippen molar-refractivity contribution in [3.8, 4) is 0 Å². The number of rotatable bonds is 4. The van der Waals surface area contributed by atoms with Crippen LogP contribution in [0.4, 0.5) is 0 Å². The highest BCUT2D eigenvalue weighted by atomic mass is 16.5. The van der Waals surface area contributed by atoms with E-state index in [9.17, 15) is 4.79 Å². The van der Waals surface area contributed by atoms with Crippen LogP contribution in [0.5, 0.6) is 0 Å². The maximum absolute atomic E-state index is 12.5. The monoisotopic (exact) mass is 306 g/mol. The summed E-state index contributed by atoms with van der Waals surface area (Å²) < 4.78 is 7.21. The number of carbonyl (C=O) groups excluding carboxylic acids is 1. The van der Waals surface area contributed by atoms with Gasteiger partial charge >= 0.3 is 0 Å². The quantitative estimate of drug-likeness (QED) is 0.814. The summed E-state index contributed by atoms with van der Waals surface area (Å²) in [7, 11) is 1.90. The lowest BCUT2D eigenvalue weighted by atomic mass is 10.0. The first-order valence-corrected chi connectivity index (χ1v) is 8.20. The van der Waals surface area contributed by atoms with E-state index in [1.165, 1.54) is 0 Å². The topological polar surface area (TPSA) is 50.6 Å². The molecule has 0 radical (unpaired) electrons. The van der Waals surface area contributed by atoms with Gasteiger partial charge in [-0.2, -0.15) is 5.10 Å². The second-order valence-corrected chi connectivity index (χ2v) is 6.51. The van der Waals surface area contributed by atoms with Gasteiger partial charge in [0.05, 0.1) is 19.4 Å². The van der Waals surface area contributed by atoms with Crippen LogP contribution in [0.25, 0.3) is 0 Å². The number of likely N-dealkylation sites (tertiary alicyclic amines) is 1. The van der Waals surface area contributed by atoms with Crippen LogP contribution in [-0.4, -0.2) is 70.9 Å². The van der Waals surface area contributed by atoms with Crippen LogP contribution in [0.2, 0.25) is 0 Å². The lowest BCUT2D eigenvalue weighted by Crippen LogP contribution is -2.47. The van der Waals surface area contributed by atoms with Crippen LogP contribution in [-0.2, 0) is 23.0 Å². The van der Waals surface area contributed by atoms with Gasteiger partial charge in [0.15, 0.2) is 0 Å². The van der Waals surface area contributed by atoms with Crippen LogP contribution >= 0.6 is 0 Å². The second kappa shape index (κ2) is 6.79. The molecule has 22 heavy (non-hydrogen) atoms. The Kier molecular flexibility index (Phi) is 4.78. The molecule has 122 valence electrons. The van der Waals surface area contributed by atoms with Crippen molar-refractivity contribution in [1.29, 1.82) is 0 Å². The van der Waals surface area contributed by atoms with E-state index in [1.807, 2.05) is 24.3 Å². The van der Waals surface area contributed by atoms with Gasteiger partial charge in [-0.1, -0.05) is 6.92 Å². The van der Waals surface area contributed by atoms with Crippen LogP contribution in [0, 0.1) is 5.92 Å². The number of aromatic nitrogens is 2. The average molecular weight is 306 g/mol. The molecule has 6 heteroatoms. The molecule has 0 N–H and O–H groups in total. The second-order valence-electron chi connectivity index (χ2n) is 6.51. The Balaban J connectivity index is 1.51. The van der Waals surface area contributed by atoms with Crippen LogP contribution in [0.3, 0.4) is 0 Å². The van der Waals surface area contributed by atoms with E-state index in [0.29, 0.717) is 18.4 Å². The largest absolute Gasteiger partial charge is 0.379 e. The van der Waals surface area contributed by atoms with Crippen molar-refractivity contribution in [3.05, 3.63) is 18.0 Å². The Morgan fingerprint density at radius 1 is 1.36 bits per heavy atom. The fourth-order valence-electron chi connectivity index (χ4n) is 3.55. The standard InChI is InChI=1S/C16H26N4O2/c1-13-10-20(12-15(13)19-5-7-22-8-6-19)16(21)4-3-14-9-17-18(2)11-14/h9,11,13,15H,3-8,10,12H2,1-2H3/t13-,15-/m1/s1. The first-order chi connectivity index (χ1) is 10.6. The zero-order chi connectivity index (χ0) is 15.5. The van der Waals surface area contributed by atoms with E-state index in [0.717, 1.165) is 51.4 Å². The summed E-state index contributed by atoms with van der Waals surface area (Å²) in [5.41, 5.74) is 1.13. The molecule has 2 fully saturated rings. The number of carbonyl (C=O) groups is 1. The number of aryl methyl sites for hydroxylation is 2. The SMILES string of the molecule is C[C@@H]1CN(C(=O)CCc2cnn(C)c2)C[C@H]1N1CCOCC1. The lowest BCUT2D eigenvalue weighted by molar-refractivity contribution is -0.130. The maximum Gasteiger partial charge on any atom is 0.222 e. The molecule has 0 aliphatic carbocycles. The minimum absolute atomic E-state index is 0.270. The Labute approximate surface area is 132 Å². The summed E-state index contributed by atoms with van der Waals surface area (Å²) in [4.78, 5) is 17.0. The van der Waals surface area contributed by atoms with E-state index in [2.05, 4.69) is 16.9 Å². The molecule has 0 saturated carbocycles. The molecule has 1 amide bonds. The van der Waals surface area contributed by atoms with Crippen molar-refractivity contribution in [2.24, 2.45) is 13.0 Å². The first-order valence-electron chi connectivity index (χ1n) is 8.20. The Hall–Kier alpha value is -1.40. The highest BCUT2D eigenvalue weighted by Gasteiger charge is 2.36. The Morgan fingerprint density at radius 3 is 2.82 bits per heavy atom. The number of amides is 1. The Morgan fingerprint density at radius 2 is 2.14 bits per heavy atom. The third-order valence-electron chi connectivity index (χ3n) is 4.83. The van der Waals surface area contributed by atoms with Gasteiger partial charge in [-0.25, -0.2) is 0 Å². The molecule has 0 bridgehead atoms. The predicted octanol–water partition coefficient (Wildman–Crippen LogP) is 0.532. The highest BCUT2D eigenvalue weighted by Crippen LogP contribution is 2.23. The molecule has 1 aromatic rings. The van der Waals surface area contributed by atoms with Crippen molar-refractivity contribution in [1.82, 2.24) is 19.6 Å². The predicted molar refractivity (Wildman–Crippen MR) is 83.5 cm³/mol. The van der Waals surface area contributed by atoms with E-state index in [-0.39, 0.29) is 5.91 Å². The van der Waals surface area contributed by atoms with Crippen molar-refractivity contribution in [2.45, 2.75) is 25.8 Å². The third-order valence-corrected chi connectivity index (χ3v) is 4.83. The number of hydrogen-bond donors (Lipinski definition) is 0. The van der Waals surface area contributed by atoms with E-state index in [4.69, 9.17) is 4.74 Å². The summed E-state index contributed by atoms with van der Waals surface area (Å²) in [5.74, 6) is 0.812. The third kappa shape index (κ3) is 3.50. The van der Waals surface area contributed by atoms with Crippen LogP contribution in [0.15, 0.2) is 12.4 Å². The number of morpholine rings is 1. The van der Waals surface area contributed by atoms with Gasteiger partial charge < -0.3 is 9.64 Å². The first kappa shape index (κ1) is 15.5. The molecule has 0 spiro atoms. The zero-order valence-corrected chi connectivity index (χ0v) is 13.6. The van der Waals surface area contributed by atoms with Crippen LogP contribution < -0.4 is 0 Å². The smallest absolute Gasteiger partial charge is 0.222 e. The average Bonchev–Trinajstić information content (AvgIpc) is 3.12. The lowest BCUT2D eigenvalue weighted by Gasteiger charge is -2.34. The molecule has 2 aliphatic rings. The zero-order valence-electron chi connectivity index (χ0n) is 13.6. The minimum Gasteiger partial charge on any atom is -0.379 e. The number of nitrogens with zero attached hydrogens (tertiary/aromatic N) is 4. The van der Waals surface area contributed by atoms with Gasteiger partial charge in [0.2, 0.25) is 5.91 Å². The maximum atomic E-state index is 12.5. The van der Waals surface area contributed by atoms with Gasteiger partial charge in [0.1, 0.15) is 0 Å². The summed E-state index contributed by atoms with van der Waals surface area (Å²) in [6.45, 7) is 7.63. The fourth-order valence-corrected chi connectivity index (χ4v) is 3.55.